The summed E-state index contributed by atoms with van der Waals surface area (Å²) in [4.78, 5) is 0. The van der Waals surface area contributed by atoms with Crippen LogP contribution in [-0.4, -0.2) is 11.0 Å². The van der Waals surface area contributed by atoms with Crippen LogP contribution in [0.1, 0.15) is 11.1 Å². The molecule has 3 N–H and O–H groups in total. The van der Waals surface area contributed by atoms with Gasteiger partial charge in [-0.3, -0.25) is 0 Å². The van der Waals surface area contributed by atoms with Crippen LogP contribution in [0.3, 0.4) is 0 Å². The largest absolute Gasteiger partial charge is 0.489 e. The van der Waals surface area contributed by atoms with E-state index in [1.54, 1.807) is 24.3 Å². The lowest BCUT2D eigenvalue weighted by Gasteiger charge is -2.10. The normalized spacial score (nSPS) is 11.5. The molecule has 0 bridgehead atoms. The van der Waals surface area contributed by atoms with Crippen LogP contribution in [0.2, 0.25) is 10.0 Å². The van der Waals surface area contributed by atoms with Gasteiger partial charge in [0.05, 0.1) is 15.6 Å². The Kier molecular flexibility index (Phi) is 4.88. The van der Waals surface area contributed by atoms with Gasteiger partial charge in [-0.15, -0.1) is 0 Å². The quantitative estimate of drug-likeness (QED) is 0.388. The Balaban J connectivity index is 2.18. The van der Waals surface area contributed by atoms with Crippen molar-refractivity contribution in [2.45, 2.75) is 6.61 Å². The molecular formula is C14H11Cl2FN2O2. The van der Waals surface area contributed by atoms with Crippen molar-refractivity contribution in [3.05, 3.63) is 63.4 Å². The fourth-order valence-corrected chi connectivity index (χ4v) is 1.96. The van der Waals surface area contributed by atoms with E-state index in [-0.39, 0.29) is 23.6 Å². The van der Waals surface area contributed by atoms with Gasteiger partial charge in [0.1, 0.15) is 18.2 Å². The van der Waals surface area contributed by atoms with E-state index in [1.165, 1.54) is 12.1 Å². The van der Waals surface area contributed by atoms with Gasteiger partial charge in [-0.1, -0.05) is 40.5 Å². The predicted molar refractivity (Wildman–Crippen MR) is 79.7 cm³/mol. The number of hydrogen-bond acceptors (Lipinski definition) is 3. The van der Waals surface area contributed by atoms with Gasteiger partial charge in [-0.25, -0.2) is 4.39 Å². The number of amidine groups is 1. The van der Waals surface area contributed by atoms with E-state index in [0.29, 0.717) is 15.8 Å². The van der Waals surface area contributed by atoms with Crippen LogP contribution >= 0.6 is 23.2 Å². The summed E-state index contributed by atoms with van der Waals surface area (Å²) in [6.07, 6.45) is 0. The van der Waals surface area contributed by atoms with Crippen molar-refractivity contribution < 1.29 is 14.3 Å². The molecule has 0 saturated carbocycles. The number of benzene rings is 2. The van der Waals surface area contributed by atoms with Gasteiger partial charge in [-0.2, -0.15) is 0 Å². The molecule has 0 aliphatic heterocycles. The van der Waals surface area contributed by atoms with E-state index in [9.17, 15) is 4.39 Å². The summed E-state index contributed by atoms with van der Waals surface area (Å²) in [7, 11) is 0. The molecule has 2 aromatic rings. The minimum absolute atomic E-state index is 0.00717. The molecule has 0 spiro atoms. The fourth-order valence-electron chi connectivity index (χ4n) is 1.67. The lowest BCUT2D eigenvalue weighted by molar-refractivity contribution is 0.299. The van der Waals surface area contributed by atoms with E-state index < -0.39 is 5.82 Å². The van der Waals surface area contributed by atoms with E-state index in [1.807, 2.05) is 0 Å². The lowest BCUT2D eigenvalue weighted by Crippen LogP contribution is -2.16. The van der Waals surface area contributed by atoms with Crippen LogP contribution in [0.4, 0.5) is 4.39 Å². The molecule has 0 amide bonds. The summed E-state index contributed by atoms with van der Waals surface area (Å²) in [6.45, 7) is -0.0314. The highest BCUT2D eigenvalue weighted by atomic mass is 35.5. The third-order valence-corrected chi connectivity index (χ3v) is 3.49. The number of nitrogens with two attached hydrogens (primary N) is 1. The number of hydrogen-bond donors (Lipinski definition) is 2. The van der Waals surface area contributed by atoms with Crippen LogP contribution in [0.15, 0.2) is 41.6 Å². The summed E-state index contributed by atoms with van der Waals surface area (Å²) in [5.74, 6) is -0.449. The maximum atomic E-state index is 14.2. The maximum absolute atomic E-state index is 14.2. The molecule has 0 radical (unpaired) electrons. The van der Waals surface area contributed by atoms with Crippen LogP contribution in [0.5, 0.6) is 5.75 Å². The molecular weight excluding hydrogens is 318 g/mol. The highest BCUT2D eigenvalue weighted by Crippen LogP contribution is 2.27. The van der Waals surface area contributed by atoms with Gasteiger partial charge in [0.25, 0.3) is 0 Å². The number of rotatable bonds is 4. The predicted octanol–water partition coefficient (Wildman–Crippen LogP) is 3.81. The van der Waals surface area contributed by atoms with Crippen molar-refractivity contribution in [2.24, 2.45) is 10.9 Å². The summed E-state index contributed by atoms with van der Waals surface area (Å²) < 4.78 is 19.6. The van der Waals surface area contributed by atoms with Crippen molar-refractivity contribution in [2.75, 3.05) is 0 Å². The second-order valence-corrected chi connectivity index (χ2v) is 4.94. The summed E-state index contributed by atoms with van der Waals surface area (Å²) in [5, 5.41) is 12.1. The Morgan fingerprint density at radius 2 is 2.00 bits per heavy atom. The first-order valence-electron chi connectivity index (χ1n) is 5.86. The van der Waals surface area contributed by atoms with Crippen molar-refractivity contribution >= 4 is 29.0 Å². The number of ether oxygens (including phenoxy) is 1. The molecule has 0 atom stereocenters. The molecule has 21 heavy (non-hydrogen) atoms. The van der Waals surface area contributed by atoms with Crippen molar-refractivity contribution in [1.82, 2.24) is 0 Å². The van der Waals surface area contributed by atoms with E-state index >= 15 is 0 Å². The average Bonchev–Trinajstić information content (AvgIpc) is 2.49. The van der Waals surface area contributed by atoms with Gasteiger partial charge in [0.15, 0.2) is 5.84 Å². The molecule has 0 saturated heterocycles. The zero-order valence-corrected chi connectivity index (χ0v) is 12.2. The SMILES string of the molecule is N/C(=N/O)c1cccc(COc2ccc(Cl)c(Cl)c2)c1F. The first kappa shape index (κ1) is 15.4. The molecule has 2 rings (SSSR count). The molecule has 2 aromatic carbocycles. The third kappa shape index (κ3) is 3.56. The maximum Gasteiger partial charge on any atom is 0.173 e. The van der Waals surface area contributed by atoms with Gasteiger partial charge >= 0.3 is 0 Å². The van der Waals surface area contributed by atoms with Gasteiger partial charge < -0.3 is 15.7 Å². The minimum Gasteiger partial charge on any atom is -0.489 e. The molecule has 0 aliphatic rings. The number of nitrogens with zero attached hydrogens (tertiary/aromatic N) is 1. The van der Waals surface area contributed by atoms with Crippen LogP contribution in [0.25, 0.3) is 0 Å². The Bertz CT molecular complexity index is 693. The Morgan fingerprint density at radius 3 is 2.67 bits per heavy atom. The van der Waals surface area contributed by atoms with Crippen LogP contribution < -0.4 is 10.5 Å². The Morgan fingerprint density at radius 1 is 1.24 bits per heavy atom. The van der Waals surface area contributed by atoms with Crippen LogP contribution in [0, 0.1) is 5.82 Å². The van der Waals surface area contributed by atoms with E-state index in [4.69, 9.17) is 38.9 Å². The van der Waals surface area contributed by atoms with Crippen molar-refractivity contribution in [3.8, 4) is 5.75 Å². The number of halogens is 3. The molecule has 0 unspecified atom stereocenters. The first-order chi connectivity index (χ1) is 10.0. The standard InChI is InChI=1S/C14H11Cl2FN2O2/c15-11-5-4-9(6-12(11)16)21-7-8-2-1-3-10(13(8)17)14(18)19-20/h1-6,20H,7H2,(H2,18,19). The Hall–Kier alpha value is -1.98. The second-order valence-electron chi connectivity index (χ2n) is 4.13. The highest BCUT2D eigenvalue weighted by Gasteiger charge is 2.12. The monoisotopic (exact) mass is 328 g/mol. The van der Waals surface area contributed by atoms with E-state index in [0.717, 1.165) is 0 Å². The molecule has 0 aliphatic carbocycles. The molecule has 0 fully saturated rings. The third-order valence-electron chi connectivity index (χ3n) is 2.75. The number of oxime groups is 1. The fraction of sp³-hybridized carbons (Fsp3) is 0.0714. The smallest absolute Gasteiger partial charge is 0.173 e. The first-order valence-corrected chi connectivity index (χ1v) is 6.61. The summed E-state index contributed by atoms with van der Waals surface area (Å²) >= 11 is 11.7. The van der Waals surface area contributed by atoms with Crippen LogP contribution in [-0.2, 0) is 6.61 Å². The van der Waals surface area contributed by atoms with Crippen molar-refractivity contribution in [3.63, 3.8) is 0 Å². The summed E-state index contributed by atoms with van der Waals surface area (Å²) in [6, 6.07) is 9.29. The Labute approximate surface area is 130 Å². The van der Waals surface area contributed by atoms with Crippen molar-refractivity contribution in [1.29, 1.82) is 0 Å². The minimum atomic E-state index is -0.604. The molecule has 110 valence electrons. The average molecular weight is 329 g/mol. The second kappa shape index (κ2) is 6.65. The van der Waals surface area contributed by atoms with E-state index in [2.05, 4.69) is 5.16 Å². The highest BCUT2D eigenvalue weighted by molar-refractivity contribution is 6.42. The topological polar surface area (TPSA) is 67.8 Å². The zero-order valence-electron chi connectivity index (χ0n) is 10.7. The molecule has 7 heteroatoms. The zero-order chi connectivity index (χ0) is 15.4. The van der Waals surface area contributed by atoms with Gasteiger partial charge in [0, 0.05) is 11.6 Å². The molecule has 4 nitrogen and oxygen atoms in total. The molecule has 0 aromatic heterocycles. The van der Waals surface area contributed by atoms with Gasteiger partial charge in [0.2, 0.25) is 0 Å². The lowest BCUT2D eigenvalue weighted by atomic mass is 10.1. The summed E-state index contributed by atoms with van der Waals surface area (Å²) in [5.41, 5.74) is 5.67. The molecule has 0 heterocycles. The van der Waals surface area contributed by atoms with Gasteiger partial charge in [-0.05, 0) is 18.2 Å².